The van der Waals surface area contributed by atoms with Crippen molar-refractivity contribution < 1.29 is 17.9 Å². The Balaban J connectivity index is 1.60. The molecule has 2 fully saturated rings. The molecule has 0 N–H and O–H groups in total. The van der Waals surface area contributed by atoms with Crippen LogP contribution in [0.4, 0.5) is 0 Å². The van der Waals surface area contributed by atoms with Crippen LogP contribution in [-0.4, -0.2) is 62.1 Å². The zero-order valence-corrected chi connectivity index (χ0v) is 16.2. The first kappa shape index (κ1) is 19.2. The van der Waals surface area contributed by atoms with Crippen LogP contribution in [-0.2, 0) is 14.8 Å². The van der Waals surface area contributed by atoms with Gasteiger partial charge in [0.2, 0.25) is 15.9 Å². The second-order valence-electron chi connectivity index (χ2n) is 7.32. The number of hydrogen-bond acceptors (Lipinski definition) is 4. The van der Waals surface area contributed by atoms with Gasteiger partial charge in [0.05, 0.1) is 5.75 Å². The minimum Gasteiger partial charge on any atom is -0.492 e. The molecule has 1 amide bonds. The normalized spacial score (nSPS) is 24.8. The van der Waals surface area contributed by atoms with Gasteiger partial charge < -0.3 is 9.64 Å². The molecule has 0 aromatic heterocycles. The summed E-state index contributed by atoms with van der Waals surface area (Å²) in [5.74, 6) is 0.852. The van der Waals surface area contributed by atoms with Gasteiger partial charge in [-0.1, -0.05) is 18.2 Å². The lowest BCUT2D eigenvalue weighted by atomic mass is 9.74. The van der Waals surface area contributed by atoms with E-state index in [9.17, 15) is 13.2 Å². The van der Waals surface area contributed by atoms with Gasteiger partial charge in [-0.3, -0.25) is 4.79 Å². The van der Waals surface area contributed by atoms with Crippen LogP contribution in [0.3, 0.4) is 0 Å². The lowest BCUT2D eigenvalue weighted by Gasteiger charge is -2.47. The molecule has 1 aromatic carbocycles. The quantitative estimate of drug-likeness (QED) is 0.758. The Hall–Kier alpha value is -1.60. The number of piperidine rings is 2. The molecule has 3 rings (SSSR count). The molecule has 1 spiro atoms. The van der Waals surface area contributed by atoms with E-state index in [1.54, 1.807) is 4.31 Å². The molecule has 0 saturated carbocycles. The average Bonchev–Trinajstić information content (AvgIpc) is 2.65. The number of sulfonamides is 1. The summed E-state index contributed by atoms with van der Waals surface area (Å²) in [5.41, 5.74) is -0.0878. The van der Waals surface area contributed by atoms with Crippen LogP contribution >= 0.6 is 0 Å². The van der Waals surface area contributed by atoms with Crippen molar-refractivity contribution in [2.45, 2.75) is 32.6 Å². The molecule has 0 aliphatic carbocycles. The maximum absolute atomic E-state index is 12.8. The number of carbonyl (C=O) groups is 1. The Morgan fingerprint density at radius 2 is 1.92 bits per heavy atom. The average molecular weight is 381 g/mol. The summed E-state index contributed by atoms with van der Waals surface area (Å²) in [4.78, 5) is 13.9. The van der Waals surface area contributed by atoms with Crippen molar-refractivity contribution >= 4 is 15.9 Å². The van der Waals surface area contributed by atoms with Crippen LogP contribution in [0.2, 0.25) is 0 Å². The zero-order valence-electron chi connectivity index (χ0n) is 15.4. The van der Waals surface area contributed by atoms with E-state index in [0.717, 1.165) is 19.3 Å². The molecule has 0 radical (unpaired) electrons. The van der Waals surface area contributed by atoms with Crippen LogP contribution in [0.15, 0.2) is 30.3 Å². The maximum atomic E-state index is 12.8. The molecule has 7 heteroatoms. The highest BCUT2D eigenvalue weighted by atomic mass is 32.2. The van der Waals surface area contributed by atoms with E-state index in [1.165, 1.54) is 0 Å². The highest BCUT2D eigenvalue weighted by Crippen LogP contribution is 2.39. The Labute approximate surface area is 156 Å². The molecule has 2 saturated heterocycles. The molecule has 2 heterocycles. The monoisotopic (exact) mass is 380 g/mol. The highest BCUT2D eigenvalue weighted by Gasteiger charge is 2.43. The van der Waals surface area contributed by atoms with E-state index in [2.05, 4.69) is 0 Å². The van der Waals surface area contributed by atoms with Gasteiger partial charge in [-0.15, -0.1) is 0 Å². The number of para-hydroxylation sites is 1. The van der Waals surface area contributed by atoms with Crippen molar-refractivity contribution in [2.24, 2.45) is 5.41 Å². The van der Waals surface area contributed by atoms with Crippen LogP contribution in [0.1, 0.15) is 32.6 Å². The summed E-state index contributed by atoms with van der Waals surface area (Å²) in [6, 6.07) is 9.26. The molecule has 6 nitrogen and oxygen atoms in total. The third kappa shape index (κ3) is 4.38. The van der Waals surface area contributed by atoms with Gasteiger partial charge in [0.15, 0.2) is 0 Å². The summed E-state index contributed by atoms with van der Waals surface area (Å²) >= 11 is 0. The number of benzene rings is 1. The number of ether oxygens (including phenoxy) is 1. The largest absolute Gasteiger partial charge is 0.492 e. The van der Waals surface area contributed by atoms with E-state index >= 15 is 0 Å². The van der Waals surface area contributed by atoms with E-state index in [1.807, 2.05) is 42.2 Å². The molecule has 1 unspecified atom stereocenters. The number of nitrogens with zero attached hydrogens (tertiary/aromatic N) is 2. The topological polar surface area (TPSA) is 66.9 Å². The second kappa shape index (κ2) is 7.96. The predicted molar refractivity (Wildman–Crippen MR) is 100 cm³/mol. The molecular formula is C19H28N2O4S. The van der Waals surface area contributed by atoms with Crippen molar-refractivity contribution in [1.82, 2.24) is 9.21 Å². The second-order valence-corrected chi connectivity index (χ2v) is 9.41. The summed E-state index contributed by atoms with van der Waals surface area (Å²) in [6.07, 6.45) is 3.15. The smallest absolute Gasteiger partial charge is 0.222 e. The minimum absolute atomic E-state index is 0.0194. The van der Waals surface area contributed by atoms with E-state index in [0.29, 0.717) is 38.3 Å². The molecule has 2 aliphatic rings. The Morgan fingerprint density at radius 3 is 2.65 bits per heavy atom. The summed E-state index contributed by atoms with van der Waals surface area (Å²) < 4.78 is 32.7. The lowest BCUT2D eigenvalue weighted by molar-refractivity contribution is -0.138. The molecule has 1 aromatic rings. The van der Waals surface area contributed by atoms with E-state index < -0.39 is 10.0 Å². The van der Waals surface area contributed by atoms with Crippen molar-refractivity contribution in [2.75, 3.05) is 38.5 Å². The standard InChI is InChI=1S/C19H28N2O4S/c1-2-20-15-19(11-9-18(20)22)10-6-12-21(16-19)26(23,24)14-13-25-17-7-4-3-5-8-17/h3-5,7-8H,2,6,9-16H2,1H3. The Morgan fingerprint density at radius 1 is 1.15 bits per heavy atom. The SMILES string of the molecule is CCN1CC2(CCCN(S(=O)(=O)CCOc3ccccc3)C2)CCC1=O. The van der Waals surface area contributed by atoms with Gasteiger partial charge in [0.1, 0.15) is 12.4 Å². The highest BCUT2D eigenvalue weighted by molar-refractivity contribution is 7.89. The van der Waals surface area contributed by atoms with Crippen molar-refractivity contribution in [3.05, 3.63) is 30.3 Å². The van der Waals surface area contributed by atoms with Crippen LogP contribution in [0.25, 0.3) is 0 Å². The Bertz CT molecular complexity index is 722. The fourth-order valence-electron chi connectivity index (χ4n) is 4.03. The van der Waals surface area contributed by atoms with Crippen LogP contribution < -0.4 is 4.74 Å². The molecular weight excluding hydrogens is 352 g/mol. The van der Waals surface area contributed by atoms with E-state index in [4.69, 9.17) is 4.74 Å². The predicted octanol–water partition coefficient (Wildman–Crippen LogP) is 2.12. The first-order valence-electron chi connectivity index (χ1n) is 9.38. The first-order chi connectivity index (χ1) is 12.4. The number of carbonyl (C=O) groups excluding carboxylic acids is 1. The van der Waals surface area contributed by atoms with Crippen molar-refractivity contribution in [3.8, 4) is 5.75 Å². The first-order valence-corrected chi connectivity index (χ1v) is 11.0. The van der Waals surface area contributed by atoms with Gasteiger partial charge in [-0.25, -0.2) is 12.7 Å². The van der Waals surface area contributed by atoms with Crippen LogP contribution in [0.5, 0.6) is 5.75 Å². The molecule has 2 aliphatic heterocycles. The molecule has 144 valence electrons. The van der Waals surface area contributed by atoms with Crippen molar-refractivity contribution in [1.29, 1.82) is 0 Å². The van der Waals surface area contributed by atoms with Crippen molar-refractivity contribution in [3.63, 3.8) is 0 Å². The van der Waals surface area contributed by atoms with E-state index in [-0.39, 0.29) is 23.7 Å². The minimum atomic E-state index is -3.36. The third-order valence-electron chi connectivity index (χ3n) is 5.50. The third-order valence-corrected chi connectivity index (χ3v) is 7.28. The molecule has 26 heavy (non-hydrogen) atoms. The van der Waals surface area contributed by atoms with Gasteiger partial charge in [-0.2, -0.15) is 0 Å². The fourth-order valence-corrected chi connectivity index (χ4v) is 5.46. The van der Waals surface area contributed by atoms with Gasteiger partial charge in [-0.05, 0) is 38.3 Å². The molecule has 1 atom stereocenters. The fraction of sp³-hybridized carbons (Fsp3) is 0.632. The molecule has 0 bridgehead atoms. The van der Waals surface area contributed by atoms with Crippen LogP contribution in [0, 0.1) is 5.41 Å². The Kier molecular flexibility index (Phi) is 5.87. The van der Waals surface area contributed by atoms with Gasteiger partial charge in [0, 0.05) is 38.0 Å². The maximum Gasteiger partial charge on any atom is 0.222 e. The summed E-state index contributed by atoms with van der Waals surface area (Å²) in [5, 5.41) is 0. The summed E-state index contributed by atoms with van der Waals surface area (Å²) in [6.45, 7) is 4.58. The van der Waals surface area contributed by atoms with Gasteiger partial charge >= 0.3 is 0 Å². The number of rotatable bonds is 6. The zero-order chi connectivity index (χ0) is 18.6. The number of hydrogen-bond donors (Lipinski definition) is 0. The van der Waals surface area contributed by atoms with Gasteiger partial charge in [0.25, 0.3) is 0 Å². The number of amides is 1. The summed E-state index contributed by atoms with van der Waals surface area (Å²) in [7, 11) is -3.36. The number of likely N-dealkylation sites (tertiary alicyclic amines) is 1. The lowest BCUT2D eigenvalue weighted by Crippen LogP contribution is -2.55.